The number of carbonyl (C=O) groups is 1. The molecule has 2 N–H and O–H groups in total. The zero-order chi connectivity index (χ0) is 15.1. The van der Waals surface area contributed by atoms with E-state index in [1.54, 1.807) is 18.6 Å². The lowest BCUT2D eigenvalue weighted by Crippen LogP contribution is -2.20. The molecule has 0 saturated heterocycles. The molecule has 0 aliphatic carbocycles. The molecular weight excluding hydrogens is 278 g/mol. The summed E-state index contributed by atoms with van der Waals surface area (Å²) in [5.74, 6) is 0. The number of primary amides is 1. The molecule has 0 fully saturated rings. The first-order valence-electron chi connectivity index (χ1n) is 6.71. The van der Waals surface area contributed by atoms with E-state index in [9.17, 15) is 4.79 Å². The average molecular weight is 289 g/mol. The Balaban J connectivity index is 1.87. The van der Waals surface area contributed by atoms with Gasteiger partial charge in [0.15, 0.2) is 0 Å². The van der Waals surface area contributed by atoms with Crippen molar-refractivity contribution in [3.8, 4) is 11.3 Å². The number of carbonyl (C=O) groups excluding carboxylic acids is 1. The number of pyridine rings is 2. The molecule has 3 aromatic heterocycles. The third-order valence-electron chi connectivity index (χ3n) is 3.55. The highest BCUT2D eigenvalue weighted by molar-refractivity contribution is 5.91. The van der Waals surface area contributed by atoms with Gasteiger partial charge in [0.25, 0.3) is 0 Å². The van der Waals surface area contributed by atoms with Crippen LogP contribution in [0.5, 0.6) is 0 Å². The number of nitrogens with two attached hydrogens (primary N) is 1. The maximum atomic E-state index is 11.3. The molecule has 22 heavy (non-hydrogen) atoms. The van der Waals surface area contributed by atoms with Gasteiger partial charge in [0.05, 0.1) is 29.1 Å². The number of benzene rings is 1. The molecule has 0 saturated carbocycles. The van der Waals surface area contributed by atoms with Crippen LogP contribution in [0.4, 0.5) is 4.79 Å². The Morgan fingerprint density at radius 1 is 1.00 bits per heavy atom. The minimum absolute atomic E-state index is 0.588. The molecular formula is C16H11N5O. The zero-order valence-corrected chi connectivity index (χ0v) is 11.5. The van der Waals surface area contributed by atoms with E-state index < -0.39 is 6.03 Å². The van der Waals surface area contributed by atoms with E-state index in [0.29, 0.717) is 5.52 Å². The molecule has 1 aromatic carbocycles. The smallest absolute Gasteiger partial charge is 0.340 e. The van der Waals surface area contributed by atoms with Crippen molar-refractivity contribution in [2.45, 2.75) is 0 Å². The van der Waals surface area contributed by atoms with E-state index in [1.165, 1.54) is 0 Å². The monoisotopic (exact) mass is 289 g/mol. The summed E-state index contributed by atoms with van der Waals surface area (Å²) in [7, 11) is 0. The second-order valence-electron chi connectivity index (χ2n) is 4.94. The molecule has 0 spiro atoms. The van der Waals surface area contributed by atoms with Crippen molar-refractivity contribution in [2.24, 2.45) is 5.73 Å². The molecule has 0 bridgehead atoms. The van der Waals surface area contributed by atoms with Crippen LogP contribution in [-0.4, -0.2) is 25.8 Å². The highest BCUT2D eigenvalue weighted by Crippen LogP contribution is 2.24. The third-order valence-corrected chi connectivity index (χ3v) is 3.55. The first-order chi connectivity index (χ1) is 10.7. The Labute approximate surface area is 125 Å². The molecule has 0 unspecified atom stereocenters. The second-order valence-corrected chi connectivity index (χ2v) is 4.94. The Kier molecular flexibility index (Phi) is 2.62. The van der Waals surface area contributed by atoms with Crippen molar-refractivity contribution in [3.63, 3.8) is 0 Å². The summed E-state index contributed by atoms with van der Waals surface area (Å²) in [6.45, 7) is 0. The Bertz CT molecular complexity index is 1020. The van der Waals surface area contributed by atoms with E-state index in [1.807, 2.05) is 36.4 Å². The van der Waals surface area contributed by atoms with Crippen LogP contribution in [0.2, 0.25) is 0 Å². The van der Waals surface area contributed by atoms with Crippen LogP contribution in [0.3, 0.4) is 0 Å². The summed E-state index contributed by atoms with van der Waals surface area (Å²) in [5.41, 5.74) is 8.47. The fourth-order valence-electron chi connectivity index (χ4n) is 2.47. The summed E-state index contributed by atoms with van der Waals surface area (Å²) >= 11 is 0. The summed E-state index contributed by atoms with van der Waals surface area (Å²) < 4.78 is 1.13. The topological polar surface area (TPSA) is 86.7 Å². The fraction of sp³-hybridized carbons (Fsp3) is 0. The number of rotatable bonds is 1. The molecule has 0 atom stereocenters. The van der Waals surface area contributed by atoms with Gasteiger partial charge < -0.3 is 5.73 Å². The Morgan fingerprint density at radius 3 is 2.73 bits per heavy atom. The molecule has 106 valence electrons. The van der Waals surface area contributed by atoms with Crippen molar-refractivity contribution in [1.82, 2.24) is 19.7 Å². The van der Waals surface area contributed by atoms with Gasteiger partial charge in [0.1, 0.15) is 0 Å². The minimum Gasteiger partial charge on any atom is -0.350 e. The maximum Gasteiger partial charge on any atom is 0.340 e. The Morgan fingerprint density at radius 2 is 1.86 bits per heavy atom. The number of nitrogens with zero attached hydrogens (tertiary/aromatic N) is 4. The second kappa shape index (κ2) is 4.63. The lowest BCUT2D eigenvalue weighted by atomic mass is 10.1. The average Bonchev–Trinajstić information content (AvgIpc) is 2.97. The van der Waals surface area contributed by atoms with E-state index in [0.717, 1.165) is 32.2 Å². The summed E-state index contributed by atoms with van der Waals surface area (Å²) in [6.07, 6.45) is 4.98. The lowest BCUT2D eigenvalue weighted by molar-refractivity contribution is 0.248. The van der Waals surface area contributed by atoms with Crippen molar-refractivity contribution >= 4 is 27.8 Å². The van der Waals surface area contributed by atoms with Gasteiger partial charge in [-0.1, -0.05) is 18.2 Å². The number of hydrogen-bond donors (Lipinski definition) is 1. The van der Waals surface area contributed by atoms with Gasteiger partial charge in [-0.2, -0.15) is 9.78 Å². The molecule has 6 nitrogen and oxygen atoms in total. The van der Waals surface area contributed by atoms with Crippen LogP contribution < -0.4 is 5.73 Å². The fourth-order valence-corrected chi connectivity index (χ4v) is 2.47. The van der Waals surface area contributed by atoms with Gasteiger partial charge in [-0.3, -0.25) is 9.97 Å². The van der Waals surface area contributed by atoms with Crippen LogP contribution in [0.1, 0.15) is 0 Å². The molecule has 1 amide bonds. The first-order valence-corrected chi connectivity index (χ1v) is 6.71. The third kappa shape index (κ3) is 1.89. The van der Waals surface area contributed by atoms with Gasteiger partial charge in [-0.05, 0) is 18.2 Å². The van der Waals surface area contributed by atoms with Crippen LogP contribution in [0, 0.1) is 0 Å². The minimum atomic E-state index is -0.628. The molecule has 0 aliphatic rings. The molecule has 0 aliphatic heterocycles. The van der Waals surface area contributed by atoms with E-state index in [2.05, 4.69) is 15.1 Å². The number of amides is 1. The van der Waals surface area contributed by atoms with Gasteiger partial charge in [0.2, 0.25) is 0 Å². The maximum absolute atomic E-state index is 11.3. The number of fused-ring (bicyclic) bond motifs is 2. The standard InChI is InChI=1S/C16H11N5O/c17-16(22)21-15-9-19-14(6-12(15)8-20-21)11-5-10-3-1-2-4-13(10)18-7-11/h1-9H,(H2,17,22). The SMILES string of the molecule is NC(=O)n1ncc2cc(-c3cnc4ccccc4c3)ncc21. The largest absolute Gasteiger partial charge is 0.350 e. The number of aromatic nitrogens is 4. The van der Waals surface area contributed by atoms with Gasteiger partial charge in [-0.15, -0.1) is 0 Å². The normalized spacial score (nSPS) is 11.1. The molecule has 3 heterocycles. The molecule has 6 heteroatoms. The lowest BCUT2D eigenvalue weighted by Gasteiger charge is -2.03. The van der Waals surface area contributed by atoms with E-state index in [-0.39, 0.29) is 0 Å². The number of para-hydroxylation sites is 1. The summed E-state index contributed by atoms with van der Waals surface area (Å²) in [6, 6.07) is 11.2. The molecule has 4 rings (SSSR count). The van der Waals surface area contributed by atoms with Crippen LogP contribution in [-0.2, 0) is 0 Å². The van der Waals surface area contributed by atoms with Crippen molar-refractivity contribution in [3.05, 3.63) is 55.0 Å². The number of hydrogen-bond acceptors (Lipinski definition) is 4. The van der Waals surface area contributed by atoms with Crippen LogP contribution in [0.25, 0.3) is 33.1 Å². The molecule has 4 aromatic rings. The zero-order valence-electron chi connectivity index (χ0n) is 11.5. The quantitative estimate of drug-likeness (QED) is 0.583. The first kappa shape index (κ1) is 12.5. The van der Waals surface area contributed by atoms with E-state index >= 15 is 0 Å². The Hall–Kier alpha value is -3.28. The highest BCUT2D eigenvalue weighted by Gasteiger charge is 2.09. The predicted molar refractivity (Wildman–Crippen MR) is 83.2 cm³/mol. The predicted octanol–water partition coefficient (Wildman–Crippen LogP) is 2.57. The van der Waals surface area contributed by atoms with Gasteiger partial charge in [-0.25, -0.2) is 4.79 Å². The van der Waals surface area contributed by atoms with Crippen molar-refractivity contribution < 1.29 is 4.79 Å². The molecule has 0 radical (unpaired) electrons. The van der Waals surface area contributed by atoms with Crippen molar-refractivity contribution in [2.75, 3.05) is 0 Å². The van der Waals surface area contributed by atoms with Crippen LogP contribution in [0.15, 0.2) is 55.0 Å². The summed E-state index contributed by atoms with van der Waals surface area (Å²) in [4.78, 5) is 20.1. The van der Waals surface area contributed by atoms with Crippen LogP contribution >= 0.6 is 0 Å². The van der Waals surface area contributed by atoms with E-state index in [4.69, 9.17) is 5.73 Å². The van der Waals surface area contributed by atoms with Crippen molar-refractivity contribution in [1.29, 1.82) is 0 Å². The van der Waals surface area contributed by atoms with Gasteiger partial charge >= 0.3 is 6.03 Å². The van der Waals surface area contributed by atoms with Gasteiger partial charge in [0, 0.05) is 22.5 Å². The summed E-state index contributed by atoms with van der Waals surface area (Å²) in [5, 5.41) is 5.82. The highest BCUT2D eigenvalue weighted by atomic mass is 16.2.